The molecule has 27 heavy (non-hydrogen) atoms. The number of ether oxygens (including phenoxy) is 3. The van der Waals surface area contributed by atoms with Gasteiger partial charge in [-0.3, -0.25) is 0 Å². The van der Waals surface area contributed by atoms with E-state index in [0.717, 1.165) is 12.3 Å². The van der Waals surface area contributed by atoms with Crippen molar-refractivity contribution in [2.45, 2.75) is 59.4 Å². The van der Waals surface area contributed by atoms with Crippen molar-refractivity contribution in [3.05, 3.63) is 17.3 Å². The Bertz CT molecular complexity index is 690. The van der Waals surface area contributed by atoms with Crippen LogP contribution in [0, 0.1) is 0 Å². The molecule has 8 nitrogen and oxygen atoms in total. The van der Waals surface area contributed by atoms with Crippen molar-refractivity contribution in [1.82, 2.24) is 10.4 Å². The molecule has 0 aliphatic rings. The predicted octanol–water partition coefficient (Wildman–Crippen LogP) is 4.52. The van der Waals surface area contributed by atoms with Crippen LogP contribution in [0.2, 0.25) is 5.02 Å². The van der Waals surface area contributed by atoms with Gasteiger partial charge in [-0.2, -0.15) is 13.8 Å². The molecular formula is C16H22ClF2N3O5. The van der Waals surface area contributed by atoms with Crippen LogP contribution >= 0.6 is 11.6 Å². The summed E-state index contributed by atoms with van der Waals surface area (Å²) in [5, 5.41) is 0.543. The second-order valence-corrected chi connectivity index (χ2v) is 7.72. The van der Waals surface area contributed by atoms with E-state index >= 15 is 0 Å². The van der Waals surface area contributed by atoms with Gasteiger partial charge in [0.05, 0.1) is 5.02 Å². The number of pyridine rings is 1. The van der Waals surface area contributed by atoms with Crippen LogP contribution in [0.1, 0.15) is 41.5 Å². The van der Waals surface area contributed by atoms with E-state index in [1.165, 1.54) is 0 Å². The third-order valence-corrected chi connectivity index (χ3v) is 2.63. The van der Waals surface area contributed by atoms with E-state index in [4.69, 9.17) is 21.1 Å². The molecule has 0 saturated carbocycles. The third kappa shape index (κ3) is 8.25. The van der Waals surface area contributed by atoms with Crippen molar-refractivity contribution < 1.29 is 32.6 Å². The molecule has 0 aliphatic heterocycles. The van der Waals surface area contributed by atoms with Crippen molar-refractivity contribution in [3.8, 4) is 5.88 Å². The van der Waals surface area contributed by atoms with Gasteiger partial charge in [-0.05, 0) is 47.6 Å². The lowest BCUT2D eigenvalue weighted by molar-refractivity contribution is -0.0526. The zero-order valence-corrected chi connectivity index (χ0v) is 16.6. The predicted molar refractivity (Wildman–Crippen MR) is 94.0 cm³/mol. The summed E-state index contributed by atoms with van der Waals surface area (Å²) in [4.78, 5) is 28.3. The number of nitrogens with zero attached hydrogens (tertiary/aromatic N) is 2. The largest absolute Gasteiger partial charge is 0.443 e. The minimum Gasteiger partial charge on any atom is -0.443 e. The fourth-order valence-electron chi connectivity index (χ4n) is 1.66. The lowest BCUT2D eigenvalue weighted by atomic mass is 10.2. The third-order valence-electron chi connectivity index (χ3n) is 2.42. The molecule has 0 aliphatic carbocycles. The molecule has 0 radical (unpaired) electrons. The number of rotatable bonds is 3. The topological polar surface area (TPSA) is 90.0 Å². The molecule has 2 amide bonds. The summed E-state index contributed by atoms with van der Waals surface area (Å²) in [6.07, 6.45) is -1.07. The normalized spacial score (nSPS) is 11.8. The number of amides is 2. The molecule has 0 spiro atoms. The molecule has 1 aromatic rings. The highest BCUT2D eigenvalue weighted by Gasteiger charge is 2.30. The molecule has 1 heterocycles. The Hall–Kier alpha value is -2.36. The van der Waals surface area contributed by atoms with Crippen LogP contribution in [0.4, 0.5) is 24.1 Å². The van der Waals surface area contributed by atoms with Crippen LogP contribution in [-0.2, 0) is 9.47 Å². The van der Waals surface area contributed by atoms with Gasteiger partial charge in [-0.1, -0.05) is 11.6 Å². The fraction of sp³-hybridized carbons (Fsp3) is 0.562. The Morgan fingerprint density at radius 1 is 1.15 bits per heavy atom. The van der Waals surface area contributed by atoms with Gasteiger partial charge < -0.3 is 14.2 Å². The zero-order valence-electron chi connectivity index (χ0n) is 15.8. The number of carbonyl (C=O) groups is 2. The highest BCUT2D eigenvalue weighted by atomic mass is 35.5. The average Bonchev–Trinajstić information content (AvgIpc) is 2.42. The van der Waals surface area contributed by atoms with Gasteiger partial charge in [0.1, 0.15) is 16.9 Å². The van der Waals surface area contributed by atoms with Gasteiger partial charge in [0.2, 0.25) is 5.88 Å². The lowest BCUT2D eigenvalue weighted by Gasteiger charge is -2.29. The maximum absolute atomic E-state index is 12.7. The highest BCUT2D eigenvalue weighted by Crippen LogP contribution is 2.30. The van der Waals surface area contributed by atoms with E-state index in [9.17, 15) is 18.4 Å². The Morgan fingerprint density at radius 3 is 2.19 bits per heavy atom. The van der Waals surface area contributed by atoms with Crippen molar-refractivity contribution in [2.24, 2.45) is 0 Å². The van der Waals surface area contributed by atoms with Crippen molar-refractivity contribution in [1.29, 1.82) is 0 Å². The smallest absolute Gasteiger partial charge is 0.434 e. The van der Waals surface area contributed by atoms with Gasteiger partial charge in [-0.15, -0.1) is 0 Å². The second kappa shape index (κ2) is 8.55. The molecule has 152 valence electrons. The maximum atomic E-state index is 12.7. The summed E-state index contributed by atoms with van der Waals surface area (Å²) in [5.41, 5.74) is -0.0514. The standard InChI is InChI=1S/C16H22ClF2N3O5/c1-15(2,3)26-13(23)21-22(14(24)27-16(4,5)6)10-7-9(17)8-20-11(10)25-12(18)19/h7-8,12H,1-6H3,(H,21,23). The second-order valence-electron chi connectivity index (χ2n) is 7.29. The van der Waals surface area contributed by atoms with Crippen LogP contribution in [0.5, 0.6) is 5.88 Å². The number of hydrogen-bond acceptors (Lipinski definition) is 6. The quantitative estimate of drug-likeness (QED) is 0.738. The minimum atomic E-state index is -3.22. The van der Waals surface area contributed by atoms with Gasteiger partial charge in [0, 0.05) is 6.20 Å². The molecule has 1 aromatic heterocycles. The van der Waals surface area contributed by atoms with Crippen LogP contribution < -0.4 is 15.2 Å². The Balaban J connectivity index is 3.30. The van der Waals surface area contributed by atoms with E-state index < -0.39 is 35.9 Å². The maximum Gasteiger partial charge on any atom is 0.434 e. The minimum absolute atomic E-state index is 0.00571. The number of hydrazine groups is 1. The SMILES string of the molecule is CC(C)(C)OC(=O)NN(C(=O)OC(C)(C)C)c1cc(Cl)cnc1OC(F)F. The van der Waals surface area contributed by atoms with Gasteiger partial charge in [0.25, 0.3) is 0 Å². The monoisotopic (exact) mass is 409 g/mol. The molecule has 0 aromatic carbocycles. The highest BCUT2D eigenvalue weighted by molar-refractivity contribution is 6.30. The first-order chi connectivity index (χ1) is 12.2. The van der Waals surface area contributed by atoms with Gasteiger partial charge in [-0.25, -0.2) is 20.0 Å². The number of alkyl halides is 2. The summed E-state index contributed by atoms with van der Waals surface area (Å²) in [5.74, 6) is -0.642. The Labute approximate surface area is 160 Å². The van der Waals surface area contributed by atoms with Crippen LogP contribution in [0.15, 0.2) is 12.3 Å². The van der Waals surface area contributed by atoms with E-state index in [0.29, 0.717) is 5.01 Å². The first-order valence-electron chi connectivity index (χ1n) is 7.81. The first kappa shape index (κ1) is 22.7. The molecule has 1 N–H and O–H groups in total. The van der Waals surface area contributed by atoms with Crippen LogP contribution in [-0.4, -0.2) is 35.0 Å². The van der Waals surface area contributed by atoms with Crippen LogP contribution in [0.25, 0.3) is 0 Å². The zero-order chi connectivity index (χ0) is 21.0. The fourth-order valence-corrected chi connectivity index (χ4v) is 1.81. The van der Waals surface area contributed by atoms with E-state index in [1.54, 1.807) is 41.5 Å². The summed E-state index contributed by atoms with van der Waals surface area (Å²) < 4.78 is 39.9. The number of anilines is 1. The Kier molecular flexibility index (Phi) is 7.18. The summed E-state index contributed by atoms with van der Waals surface area (Å²) in [6, 6.07) is 1.10. The van der Waals surface area contributed by atoms with Gasteiger partial charge in [0.15, 0.2) is 0 Å². The molecule has 0 unspecified atom stereocenters. The molecule has 0 saturated heterocycles. The molecule has 11 heteroatoms. The van der Waals surface area contributed by atoms with Gasteiger partial charge >= 0.3 is 18.8 Å². The Morgan fingerprint density at radius 2 is 1.70 bits per heavy atom. The van der Waals surface area contributed by atoms with E-state index in [2.05, 4.69) is 15.1 Å². The lowest BCUT2D eigenvalue weighted by Crippen LogP contribution is -2.50. The number of nitrogens with one attached hydrogen (secondary N) is 1. The number of carbonyl (C=O) groups excluding carboxylic acids is 2. The van der Waals surface area contributed by atoms with Crippen molar-refractivity contribution in [2.75, 3.05) is 5.01 Å². The average molecular weight is 410 g/mol. The summed E-state index contributed by atoms with van der Waals surface area (Å²) in [7, 11) is 0. The summed E-state index contributed by atoms with van der Waals surface area (Å²) in [6.45, 7) is 6.36. The molecular weight excluding hydrogens is 388 g/mol. The number of aromatic nitrogens is 1. The summed E-state index contributed by atoms with van der Waals surface area (Å²) >= 11 is 5.85. The van der Waals surface area contributed by atoms with Crippen molar-refractivity contribution in [3.63, 3.8) is 0 Å². The molecule has 0 fully saturated rings. The molecule has 1 rings (SSSR count). The first-order valence-corrected chi connectivity index (χ1v) is 8.19. The van der Waals surface area contributed by atoms with Crippen LogP contribution in [0.3, 0.4) is 0 Å². The van der Waals surface area contributed by atoms with E-state index in [1.807, 2.05) is 0 Å². The molecule has 0 bridgehead atoms. The number of hydrogen-bond donors (Lipinski definition) is 1. The van der Waals surface area contributed by atoms with Crippen molar-refractivity contribution >= 4 is 29.5 Å². The molecule has 0 atom stereocenters. The van der Waals surface area contributed by atoms with E-state index in [-0.39, 0.29) is 10.7 Å². The number of halogens is 3.